The van der Waals surface area contributed by atoms with Crippen LogP contribution in [0.2, 0.25) is 0 Å². The predicted octanol–water partition coefficient (Wildman–Crippen LogP) is 2.94. The molecule has 0 atom stereocenters. The number of alkyl halides is 2. The number of nitrogens with zero attached hydrogens (tertiary/aromatic N) is 4. The minimum absolute atomic E-state index is 0.171. The van der Waals surface area contributed by atoms with E-state index in [1.165, 1.54) is 18.3 Å². The van der Waals surface area contributed by atoms with Gasteiger partial charge in [-0.25, -0.2) is 13.8 Å². The summed E-state index contributed by atoms with van der Waals surface area (Å²) >= 11 is 0. The van der Waals surface area contributed by atoms with E-state index in [2.05, 4.69) is 15.4 Å². The van der Waals surface area contributed by atoms with Crippen LogP contribution in [0.5, 0.6) is 0 Å². The van der Waals surface area contributed by atoms with Crippen LogP contribution >= 0.6 is 0 Å². The number of aryl methyl sites for hydroxylation is 1. The van der Waals surface area contributed by atoms with Gasteiger partial charge in [0, 0.05) is 23.7 Å². The van der Waals surface area contributed by atoms with Gasteiger partial charge in [-0.2, -0.15) is 5.10 Å². The molecule has 1 aliphatic heterocycles. The first-order valence-electron chi connectivity index (χ1n) is 9.03. The maximum Gasteiger partial charge on any atom is 0.282 e. The van der Waals surface area contributed by atoms with Crippen LogP contribution in [-0.2, 0) is 12.0 Å². The van der Waals surface area contributed by atoms with Crippen LogP contribution in [0.3, 0.4) is 0 Å². The molecule has 0 aromatic carbocycles. The number of hydrogen-bond acceptors (Lipinski definition) is 4. The average molecular weight is 391 g/mol. The molecule has 2 aromatic rings. The van der Waals surface area contributed by atoms with E-state index < -0.39 is 30.8 Å². The number of carbonyl (C=O) groups is 2. The Bertz CT molecular complexity index is 909. The molecular weight excluding hydrogens is 368 g/mol. The van der Waals surface area contributed by atoms with E-state index in [9.17, 15) is 18.4 Å². The van der Waals surface area contributed by atoms with E-state index in [-0.39, 0.29) is 16.8 Å². The highest BCUT2D eigenvalue weighted by Crippen LogP contribution is 2.28. The molecule has 0 aliphatic carbocycles. The third-order valence-corrected chi connectivity index (χ3v) is 4.46. The number of carbonyl (C=O) groups excluding carboxylic acids is 2. The molecule has 1 aliphatic rings. The zero-order valence-corrected chi connectivity index (χ0v) is 16.3. The number of hydrogen-bond donors (Lipinski definition) is 1. The van der Waals surface area contributed by atoms with Crippen LogP contribution in [0, 0.1) is 0 Å². The van der Waals surface area contributed by atoms with Crippen molar-refractivity contribution in [1.29, 1.82) is 0 Å². The Kier molecular flexibility index (Phi) is 4.95. The standard InChI is InChI=1S/C19H23F2N5O2/c1-5-26-13(9-14(24-26)18(2,3)4)16(27)23-15-8-12(6-7-22-15)17(28)25-10-19(20,21)11-25/h6-9H,5,10-11H2,1-4H3,(H,22,23,27). The van der Waals surface area contributed by atoms with Crippen LogP contribution in [0.1, 0.15) is 54.2 Å². The van der Waals surface area contributed by atoms with Gasteiger partial charge in [-0.1, -0.05) is 20.8 Å². The first-order valence-corrected chi connectivity index (χ1v) is 9.03. The Hall–Kier alpha value is -2.84. The molecule has 1 N–H and O–H groups in total. The van der Waals surface area contributed by atoms with Crippen molar-refractivity contribution in [1.82, 2.24) is 19.7 Å². The van der Waals surface area contributed by atoms with Crippen LogP contribution in [0.15, 0.2) is 24.4 Å². The molecule has 0 bridgehead atoms. The highest BCUT2D eigenvalue weighted by molar-refractivity contribution is 6.03. The lowest BCUT2D eigenvalue weighted by Crippen LogP contribution is -2.58. The second kappa shape index (κ2) is 6.96. The van der Waals surface area contributed by atoms with Gasteiger partial charge in [-0.3, -0.25) is 14.3 Å². The molecule has 28 heavy (non-hydrogen) atoms. The lowest BCUT2D eigenvalue weighted by molar-refractivity contribution is -0.113. The molecule has 0 radical (unpaired) electrons. The Morgan fingerprint density at radius 2 is 1.93 bits per heavy atom. The summed E-state index contributed by atoms with van der Waals surface area (Å²) in [4.78, 5) is 30.1. The summed E-state index contributed by atoms with van der Waals surface area (Å²) in [5, 5.41) is 7.12. The van der Waals surface area contributed by atoms with Crippen molar-refractivity contribution in [2.45, 2.75) is 45.6 Å². The van der Waals surface area contributed by atoms with Crippen molar-refractivity contribution in [3.8, 4) is 0 Å². The van der Waals surface area contributed by atoms with Gasteiger partial charge in [0.1, 0.15) is 11.5 Å². The summed E-state index contributed by atoms with van der Waals surface area (Å²) in [5.74, 6) is -3.58. The Morgan fingerprint density at radius 1 is 1.25 bits per heavy atom. The molecule has 3 rings (SSSR count). The maximum absolute atomic E-state index is 13.0. The first kappa shape index (κ1) is 19.9. The largest absolute Gasteiger partial charge is 0.326 e. The van der Waals surface area contributed by atoms with Gasteiger partial charge in [0.15, 0.2) is 0 Å². The number of amides is 2. The number of aromatic nitrogens is 3. The Morgan fingerprint density at radius 3 is 2.50 bits per heavy atom. The van der Waals surface area contributed by atoms with Gasteiger partial charge in [-0.15, -0.1) is 0 Å². The molecule has 0 unspecified atom stereocenters. The van der Waals surface area contributed by atoms with Crippen LogP contribution in [-0.4, -0.2) is 50.5 Å². The van der Waals surface area contributed by atoms with Gasteiger partial charge in [0.2, 0.25) is 0 Å². The van der Waals surface area contributed by atoms with Crippen LogP contribution in [0.25, 0.3) is 0 Å². The highest BCUT2D eigenvalue weighted by atomic mass is 19.3. The summed E-state index contributed by atoms with van der Waals surface area (Å²) in [6.45, 7) is 7.24. The van der Waals surface area contributed by atoms with Crippen LogP contribution in [0.4, 0.5) is 14.6 Å². The molecule has 2 amide bonds. The molecular formula is C19H23F2N5O2. The molecule has 9 heteroatoms. The fourth-order valence-corrected chi connectivity index (χ4v) is 2.86. The van der Waals surface area contributed by atoms with E-state index in [0.29, 0.717) is 12.2 Å². The van der Waals surface area contributed by atoms with Gasteiger partial charge in [0.25, 0.3) is 17.7 Å². The summed E-state index contributed by atoms with van der Waals surface area (Å²) in [5.41, 5.74) is 1.16. The zero-order valence-electron chi connectivity index (χ0n) is 16.3. The van der Waals surface area contributed by atoms with Gasteiger partial charge in [0.05, 0.1) is 18.8 Å². The number of anilines is 1. The number of nitrogens with one attached hydrogen (secondary N) is 1. The number of rotatable bonds is 4. The van der Waals surface area contributed by atoms with Crippen molar-refractivity contribution >= 4 is 17.6 Å². The van der Waals surface area contributed by atoms with Crippen molar-refractivity contribution in [2.75, 3.05) is 18.4 Å². The highest BCUT2D eigenvalue weighted by Gasteiger charge is 2.46. The number of halogens is 2. The van der Waals surface area contributed by atoms with Gasteiger partial charge < -0.3 is 10.2 Å². The topological polar surface area (TPSA) is 80.1 Å². The van der Waals surface area contributed by atoms with E-state index in [1.807, 2.05) is 27.7 Å². The number of likely N-dealkylation sites (tertiary alicyclic amines) is 1. The fourth-order valence-electron chi connectivity index (χ4n) is 2.86. The predicted molar refractivity (Wildman–Crippen MR) is 99.6 cm³/mol. The summed E-state index contributed by atoms with van der Waals surface area (Å²) in [7, 11) is 0. The summed E-state index contributed by atoms with van der Waals surface area (Å²) in [6, 6.07) is 4.55. The quantitative estimate of drug-likeness (QED) is 0.869. The molecule has 0 spiro atoms. The van der Waals surface area contributed by atoms with E-state index in [4.69, 9.17) is 0 Å². The van der Waals surface area contributed by atoms with Crippen LogP contribution < -0.4 is 5.32 Å². The zero-order chi connectivity index (χ0) is 20.7. The molecule has 1 fully saturated rings. The fraction of sp³-hybridized carbons (Fsp3) is 0.474. The van der Waals surface area contributed by atoms with Gasteiger partial charge in [-0.05, 0) is 25.1 Å². The van der Waals surface area contributed by atoms with Crippen molar-refractivity contribution in [3.63, 3.8) is 0 Å². The second-order valence-corrected chi connectivity index (χ2v) is 7.88. The van der Waals surface area contributed by atoms with Crippen molar-refractivity contribution < 1.29 is 18.4 Å². The molecule has 0 saturated carbocycles. The van der Waals surface area contributed by atoms with Crippen molar-refractivity contribution in [3.05, 3.63) is 41.3 Å². The first-order chi connectivity index (χ1) is 13.0. The minimum atomic E-state index is -2.83. The molecule has 1 saturated heterocycles. The Balaban J connectivity index is 1.77. The number of pyridine rings is 1. The van der Waals surface area contributed by atoms with Crippen molar-refractivity contribution in [2.24, 2.45) is 0 Å². The lowest BCUT2D eigenvalue weighted by Gasteiger charge is -2.38. The Labute approximate surface area is 161 Å². The molecule has 7 nitrogen and oxygen atoms in total. The summed E-state index contributed by atoms with van der Waals surface area (Å²) in [6.07, 6.45) is 1.36. The molecule has 3 heterocycles. The third-order valence-electron chi connectivity index (χ3n) is 4.46. The van der Waals surface area contributed by atoms with E-state index in [1.54, 1.807) is 10.7 Å². The third kappa shape index (κ3) is 4.02. The normalized spacial score (nSPS) is 15.9. The maximum atomic E-state index is 13.0. The molecule has 2 aromatic heterocycles. The summed E-state index contributed by atoms with van der Waals surface area (Å²) < 4.78 is 27.6. The SMILES string of the molecule is CCn1nc(C(C)(C)C)cc1C(=O)Nc1cc(C(=O)N2CC(F)(F)C2)ccn1. The average Bonchev–Trinajstić information content (AvgIpc) is 3.04. The minimum Gasteiger partial charge on any atom is -0.326 e. The van der Waals surface area contributed by atoms with E-state index in [0.717, 1.165) is 10.6 Å². The monoisotopic (exact) mass is 391 g/mol. The smallest absolute Gasteiger partial charge is 0.282 e. The second-order valence-electron chi connectivity index (χ2n) is 7.88. The molecule has 150 valence electrons. The van der Waals surface area contributed by atoms with Gasteiger partial charge >= 0.3 is 0 Å². The lowest BCUT2D eigenvalue weighted by atomic mass is 9.92. The van der Waals surface area contributed by atoms with E-state index >= 15 is 0 Å².